The van der Waals surface area contributed by atoms with E-state index in [1.54, 1.807) is 6.92 Å². The number of aliphatic hydroxyl groups is 7. The summed E-state index contributed by atoms with van der Waals surface area (Å²) in [6, 6.07) is 0. The van der Waals surface area contributed by atoms with Gasteiger partial charge in [0.15, 0.2) is 31.1 Å². The minimum absolute atomic E-state index is 0.103. The molecule has 0 aliphatic carbocycles. The van der Waals surface area contributed by atoms with Crippen molar-refractivity contribution in [2.24, 2.45) is 0 Å². The number of ether oxygens (including phenoxy) is 12. The molecule has 19 heteroatoms. The van der Waals surface area contributed by atoms with Crippen LogP contribution in [0.15, 0.2) is 0 Å². The fourth-order valence-electron chi connectivity index (χ4n) is 5.64. The second-order valence-corrected chi connectivity index (χ2v) is 11.3. The second-order valence-electron chi connectivity index (χ2n) is 11.3. The zero-order valence-electron chi connectivity index (χ0n) is 26.9. The molecule has 3 heterocycles. The first-order valence-electron chi connectivity index (χ1n) is 14.6. The van der Waals surface area contributed by atoms with Crippen LogP contribution >= 0.6 is 0 Å². The van der Waals surface area contributed by atoms with E-state index in [-0.39, 0.29) is 26.4 Å². The van der Waals surface area contributed by atoms with Crippen LogP contribution in [-0.4, -0.2) is 202 Å². The lowest BCUT2D eigenvalue weighted by molar-refractivity contribution is -0.431. The van der Waals surface area contributed by atoms with E-state index < -0.39 is 97.6 Å². The van der Waals surface area contributed by atoms with Crippen LogP contribution in [0.25, 0.3) is 0 Å². The lowest BCUT2D eigenvalue weighted by atomic mass is 9.93. The van der Waals surface area contributed by atoms with Gasteiger partial charge in [-0.15, -0.1) is 0 Å². The molecule has 0 aromatic carbocycles. The molecule has 0 aromatic heterocycles. The molecule has 0 aromatic rings. The standard InChI is InChI=1S/C27H50O19/c1-12(38-5)8-41-18-16(28)17(45-25-22(40-7)26(31,32)19(29)14(44-25)10-36-3)13(9-35-2)43-24(18)46-20-15(11-37-4)42-23(30)21(39-6)27(20,33)34/h12-25,28-34H,8-11H2,1-7H3/t12?,13?,14-,15-,16?,17+,18-,19+,20+,21?,22?,23+,24-,25-/m0/s1. The van der Waals surface area contributed by atoms with Gasteiger partial charge in [0, 0.05) is 42.7 Å². The first kappa shape index (κ1) is 39.7. The number of rotatable bonds is 16. The van der Waals surface area contributed by atoms with Crippen molar-refractivity contribution in [3.8, 4) is 0 Å². The van der Waals surface area contributed by atoms with E-state index in [2.05, 4.69) is 0 Å². The summed E-state index contributed by atoms with van der Waals surface area (Å²) in [6.07, 6.45) is -20.5. The van der Waals surface area contributed by atoms with Crippen molar-refractivity contribution < 1.29 is 92.6 Å². The van der Waals surface area contributed by atoms with Gasteiger partial charge in [0.1, 0.15) is 48.8 Å². The van der Waals surface area contributed by atoms with Gasteiger partial charge in [-0.05, 0) is 6.92 Å². The molecule has 0 spiro atoms. The Morgan fingerprint density at radius 2 is 1.20 bits per heavy atom. The van der Waals surface area contributed by atoms with E-state index in [1.165, 1.54) is 28.4 Å². The van der Waals surface area contributed by atoms with Gasteiger partial charge in [0.25, 0.3) is 0 Å². The molecule has 0 amide bonds. The second kappa shape index (κ2) is 17.3. The number of hydrogen-bond donors (Lipinski definition) is 7. The SMILES string of the molecule is COCC1O[C@@H](O[C@@H]2[C@H](COC)O[C@@H](O)C(OC)C2(O)O)[C@@H](OCC(C)OC)C(O)[C@@H]1O[C@@H]1O[C@@H](COC)[C@@H](O)C(O)(O)C1OC. The average molecular weight is 679 g/mol. The molecular formula is C27H50O19. The summed E-state index contributed by atoms with van der Waals surface area (Å²) in [5, 5.41) is 76.3. The molecule has 272 valence electrons. The molecule has 3 fully saturated rings. The van der Waals surface area contributed by atoms with Gasteiger partial charge in [0.05, 0.1) is 32.5 Å². The van der Waals surface area contributed by atoms with Gasteiger partial charge in [-0.3, -0.25) is 0 Å². The highest BCUT2D eigenvalue weighted by Gasteiger charge is 2.61. The highest BCUT2D eigenvalue weighted by molar-refractivity contribution is 5.00. The first-order chi connectivity index (χ1) is 21.7. The zero-order chi connectivity index (χ0) is 34.4. The first-order valence-corrected chi connectivity index (χ1v) is 14.6. The Balaban J connectivity index is 1.97. The molecule has 3 rings (SSSR count). The minimum atomic E-state index is -2.86. The summed E-state index contributed by atoms with van der Waals surface area (Å²) in [4.78, 5) is 0. The van der Waals surface area contributed by atoms with Crippen molar-refractivity contribution in [2.45, 2.75) is 105 Å². The summed E-state index contributed by atoms with van der Waals surface area (Å²) in [6.45, 7) is 0.845. The maximum absolute atomic E-state index is 11.7. The maximum atomic E-state index is 11.7. The van der Waals surface area contributed by atoms with Gasteiger partial charge < -0.3 is 92.6 Å². The van der Waals surface area contributed by atoms with Crippen LogP contribution in [0.5, 0.6) is 0 Å². The zero-order valence-corrected chi connectivity index (χ0v) is 26.9. The molecule has 3 saturated heterocycles. The Labute approximate surface area is 266 Å². The van der Waals surface area contributed by atoms with Gasteiger partial charge in [-0.1, -0.05) is 0 Å². The molecular weight excluding hydrogens is 628 g/mol. The molecule has 0 saturated carbocycles. The van der Waals surface area contributed by atoms with Crippen molar-refractivity contribution in [3.05, 3.63) is 0 Å². The highest BCUT2D eigenvalue weighted by Crippen LogP contribution is 2.38. The van der Waals surface area contributed by atoms with E-state index in [4.69, 9.17) is 56.8 Å². The van der Waals surface area contributed by atoms with E-state index >= 15 is 0 Å². The Bertz CT molecular complexity index is 895. The summed E-state index contributed by atoms with van der Waals surface area (Å²) < 4.78 is 66.5. The predicted octanol–water partition coefficient (Wildman–Crippen LogP) is -4.60. The van der Waals surface area contributed by atoms with E-state index in [1.807, 2.05) is 0 Å². The summed E-state index contributed by atoms with van der Waals surface area (Å²) in [7, 11) is 7.70. The Morgan fingerprint density at radius 3 is 1.76 bits per heavy atom. The monoisotopic (exact) mass is 678 g/mol. The van der Waals surface area contributed by atoms with Gasteiger partial charge in [-0.2, -0.15) is 0 Å². The van der Waals surface area contributed by atoms with E-state index in [9.17, 15) is 35.7 Å². The van der Waals surface area contributed by atoms with E-state index in [0.717, 1.165) is 14.2 Å². The maximum Gasteiger partial charge on any atom is 0.224 e. The fraction of sp³-hybridized carbons (Fsp3) is 1.00. The average Bonchev–Trinajstić information content (AvgIpc) is 2.99. The third-order valence-electron chi connectivity index (χ3n) is 8.13. The van der Waals surface area contributed by atoms with Crippen molar-refractivity contribution >= 4 is 0 Å². The molecule has 0 bridgehead atoms. The third kappa shape index (κ3) is 8.51. The number of hydrogen-bond acceptors (Lipinski definition) is 19. The molecule has 5 unspecified atom stereocenters. The molecule has 14 atom stereocenters. The van der Waals surface area contributed by atoms with Crippen LogP contribution in [0.2, 0.25) is 0 Å². The van der Waals surface area contributed by atoms with Crippen molar-refractivity contribution in [1.82, 2.24) is 0 Å². The molecule has 7 N–H and O–H groups in total. The van der Waals surface area contributed by atoms with Crippen LogP contribution in [0.3, 0.4) is 0 Å². The van der Waals surface area contributed by atoms with Gasteiger partial charge >= 0.3 is 0 Å². The normalized spacial score (nSPS) is 41.7. The number of methoxy groups -OCH3 is 6. The van der Waals surface area contributed by atoms with E-state index in [0.29, 0.717) is 0 Å². The van der Waals surface area contributed by atoms with Crippen molar-refractivity contribution in [3.63, 3.8) is 0 Å². The Kier molecular flexibility index (Phi) is 14.9. The summed E-state index contributed by atoms with van der Waals surface area (Å²) >= 11 is 0. The van der Waals surface area contributed by atoms with Crippen molar-refractivity contribution in [2.75, 3.05) is 69.1 Å². The number of aliphatic hydroxyl groups excluding tert-OH is 3. The lowest BCUT2D eigenvalue weighted by Gasteiger charge is -2.51. The lowest BCUT2D eigenvalue weighted by Crippen LogP contribution is -2.71. The Hall–Kier alpha value is -0.760. The van der Waals surface area contributed by atoms with Crippen molar-refractivity contribution in [1.29, 1.82) is 0 Å². The van der Waals surface area contributed by atoms with Gasteiger partial charge in [0.2, 0.25) is 11.6 Å². The fourth-order valence-corrected chi connectivity index (χ4v) is 5.64. The summed E-state index contributed by atoms with van der Waals surface area (Å²) in [5.41, 5.74) is 0. The van der Waals surface area contributed by atoms with Crippen LogP contribution in [0.4, 0.5) is 0 Å². The molecule has 3 aliphatic heterocycles. The molecule has 3 aliphatic rings. The minimum Gasteiger partial charge on any atom is -0.387 e. The summed E-state index contributed by atoms with van der Waals surface area (Å²) in [5.74, 6) is -5.72. The largest absolute Gasteiger partial charge is 0.387 e. The predicted molar refractivity (Wildman–Crippen MR) is 148 cm³/mol. The third-order valence-corrected chi connectivity index (χ3v) is 8.13. The topological polar surface area (TPSA) is 252 Å². The van der Waals surface area contributed by atoms with Crippen LogP contribution in [-0.2, 0) is 56.8 Å². The van der Waals surface area contributed by atoms with Crippen LogP contribution in [0.1, 0.15) is 6.92 Å². The van der Waals surface area contributed by atoms with Crippen LogP contribution < -0.4 is 0 Å². The quantitative estimate of drug-likeness (QED) is 0.0758. The molecule has 46 heavy (non-hydrogen) atoms. The molecule has 0 radical (unpaired) electrons. The highest BCUT2D eigenvalue weighted by atomic mass is 16.8. The Morgan fingerprint density at radius 1 is 0.630 bits per heavy atom. The van der Waals surface area contributed by atoms with Crippen LogP contribution in [0, 0.1) is 0 Å². The smallest absolute Gasteiger partial charge is 0.224 e. The van der Waals surface area contributed by atoms with Gasteiger partial charge in [-0.25, -0.2) is 0 Å². The molecule has 19 nitrogen and oxygen atoms in total.